The summed E-state index contributed by atoms with van der Waals surface area (Å²) in [6, 6.07) is 20.5. The molecular weight excluding hydrogens is 454 g/mol. The van der Waals surface area contributed by atoms with Crippen molar-refractivity contribution >= 4 is 29.1 Å². The van der Waals surface area contributed by atoms with E-state index in [9.17, 15) is 14.7 Å². The number of halogens is 1. The number of ketones is 1. The Balaban J connectivity index is 1.83. The molecular formula is C27H24ClNO5. The lowest BCUT2D eigenvalue weighted by Gasteiger charge is -2.25. The number of hydrogen-bond acceptors (Lipinski definition) is 5. The van der Waals surface area contributed by atoms with Crippen LogP contribution in [0, 0.1) is 0 Å². The molecule has 1 saturated heterocycles. The van der Waals surface area contributed by atoms with Gasteiger partial charge in [-0.2, -0.15) is 0 Å². The topological polar surface area (TPSA) is 76.1 Å². The summed E-state index contributed by atoms with van der Waals surface area (Å²) in [5.41, 5.74) is 1.74. The van der Waals surface area contributed by atoms with E-state index in [-0.39, 0.29) is 28.5 Å². The van der Waals surface area contributed by atoms with E-state index in [4.69, 9.17) is 21.1 Å². The lowest BCUT2D eigenvalue weighted by atomic mass is 9.95. The van der Waals surface area contributed by atoms with E-state index in [0.717, 1.165) is 5.56 Å². The summed E-state index contributed by atoms with van der Waals surface area (Å²) in [6.45, 7) is 2.45. The van der Waals surface area contributed by atoms with Gasteiger partial charge in [0, 0.05) is 12.1 Å². The minimum atomic E-state index is -0.782. The van der Waals surface area contributed by atoms with Crippen LogP contribution in [0.2, 0.25) is 5.02 Å². The van der Waals surface area contributed by atoms with Gasteiger partial charge < -0.3 is 19.5 Å². The summed E-state index contributed by atoms with van der Waals surface area (Å²) < 4.78 is 10.7. The minimum Gasteiger partial charge on any atom is -0.507 e. The van der Waals surface area contributed by atoms with Crippen molar-refractivity contribution in [3.05, 3.63) is 100 Å². The van der Waals surface area contributed by atoms with Crippen LogP contribution in [0.5, 0.6) is 11.5 Å². The number of Topliss-reactive ketones (excluding diaryl/α,β-unsaturated/α-hetero) is 1. The lowest BCUT2D eigenvalue weighted by Crippen LogP contribution is -2.29. The summed E-state index contributed by atoms with van der Waals surface area (Å²) in [5.74, 6) is -0.608. The first-order valence-electron chi connectivity index (χ1n) is 10.8. The molecule has 4 rings (SSSR count). The molecule has 3 aromatic rings. The number of methoxy groups -OCH3 is 1. The van der Waals surface area contributed by atoms with Crippen LogP contribution in [0.1, 0.15) is 29.7 Å². The third-order valence-electron chi connectivity index (χ3n) is 5.67. The highest BCUT2D eigenvalue weighted by atomic mass is 35.5. The normalized spacial score (nSPS) is 17.1. The van der Waals surface area contributed by atoms with Crippen LogP contribution in [0.3, 0.4) is 0 Å². The summed E-state index contributed by atoms with van der Waals surface area (Å²) in [7, 11) is 1.58. The Bertz CT molecular complexity index is 1240. The van der Waals surface area contributed by atoms with Crippen molar-refractivity contribution in [1.82, 2.24) is 4.90 Å². The number of likely N-dealkylation sites (tertiary alicyclic amines) is 1. The van der Waals surface area contributed by atoms with Gasteiger partial charge in [-0.1, -0.05) is 54.1 Å². The van der Waals surface area contributed by atoms with Gasteiger partial charge in [-0.25, -0.2) is 0 Å². The van der Waals surface area contributed by atoms with Gasteiger partial charge in [0.2, 0.25) is 0 Å². The molecule has 3 aromatic carbocycles. The van der Waals surface area contributed by atoms with Crippen molar-refractivity contribution in [2.75, 3.05) is 13.7 Å². The molecule has 1 unspecified atom stereocenters. The van der Waals surface area contributed by atoms with Crippen molar-refractivity contribution in [3.63, 3.8) is 0 Å². The maximum Gasteiger partial charge on any atom is 0.295 e. The van der Waals surface area contributed by atoms with Gasteiger partial charge in [-0.3, -0.25) is 9.59 Å². The Morgan fingerprint density at radius 1 is 1.00 bits per heavy atom. The number of amides is 1. The Labute approximate surface area is 203 Å². The molecule has 0 aliphatic carbocycles. The first-order valence-corrected chi connectivity index (χ1v) is 11.2. The molecule has 0 aromatic heterocycles. The van der Waals surface area contributed by atoms with E-state index in [0.29, 0.717) is 23.7 Å². The fraction of sp³-hybridized carbons (Fsp3) is 0.185. The highest BCUT2D eigenvalue weighted by Crippen LogP contribution is 2.41. The van der Waals surface area contributed by atoms with E-state index in [1.807, 2.05) is 49.4 Å². The van der Waals surface area contributed by atoms with Crippen LogP contribution in [0.15, 0.2) is 78.4 Å². The standard InChI is InChI=1S/C27H24ClNO5/c1-3-34-20-13-14-22(28)21(15-20)25(30)23-24(18-7-5-4-6-8-18)29(27(32)26(23)31)16-17-9-11-19(33-2)12-10-17/h4-15,24,30H,3,16H2,1-2H3/b25-23+. The minimum absolute atomic E-state index is 0.0136. The van der Waals surface area contributed by atoms with Crippen LogP contribution in [0.4, 0.5) is 0 Å². The Morgan fingerprint density at radius 3 is 2.32 bits per heavy atom. The molecule has 174 valence electrons. The number of nitrogens with zero attached hydrogens (tertiary/aromatic N) is 1. The molecule has 0 radical (unpaired) electrons. The summed E-state index contributed by atoms with van der Waals surface area (Å²) in [4.78, 5) is 27.9. The Morgan fingerprint density at radius 2 is 1.68 bits per heavy atom. The molecule has 1 atom stereocenters. The summed E-state index contributed by atoms with van der Waals surface area (Å²) in [5, 5.41) is 11.5. The SMILES string of the molecule is CCOc1ccc(Cl)c(/C(O)=C2\C(=O)C(=O)N(Cc3ccc(OC)cc3)C2c2ccccc2)c1. The van der Waals surface area contributed by atoms with Crippen LogP contribution < -0.4 is 9.47 Å². The molecule has 1 amide bonds. The van der Waals surface area contributed by atoms with E-state index in [2.05, 4.69) is 0 Å². The van der Waals surface area contributed by atoms with Gasteiger partial charge in [-0.05, 0) is 48.4 Å². The largest absolute Gasteiger partial charge is 0.507 e. The molecule has 1 aliphatic heterocycles. The van der Waals surface area contributed by atoms with Crippen molar-refractivity contribution in [2.45, 2.75) is 19.5 Å². The van der Waals surface area contributed by atoms with Crippen LogP contribution >= 0.6 is 11.6 Å². The average molecular weight is 478 g/mol. The molecule has 1 heterocycles. The second-order valence-electron chi connectivity index (χ2n) is 7.76. The predicted octanol–water partition coefficient (Wildman–Crippen LogP) is 5.37. The van der Waals surface area contributed by atoms with Crippen molar-refractivity contribution in [1.29, 1.82) is 0 Å². The molecule has 34 heavy (non-hydrogen) atoms. The summed E-state index contributed by atoms with van der Waals surface area (Å²) in [6.07, 6.45) is 0. The molecule has 0 bridgehead atoms. The predicted molar refractivity (Wildman–Crippen MR) is 130 cm³/mol. The van der Waals surface area contributed by atoms with Crippen LogP contribution in [-0.2, 0) is 16.1 Å². The van der Waals surface area contributed by atoms with Crippen LogP contribution in [0.25, 0.3) is 5.76 Å². The second-order valence-corrected chi connectivity index (χ2v) is 8.17. The highest BCUT2D eigenvalue weighted by Gasteiger charge is 2.46. The molecule has 0 saturated carbocycles. The van der Waals surface area contributed by atoms with Gasteiger partial charge >= 0.3 is 0 Å². The number of carbonyl (C=O) groups is 2. The van der Waals surface area contributed by atoms with E-state index >= 15 is 0 Å². The fourth-order valence-electron chi connectivity index (χ4n) is 4.04. The van der Waals surface area contributed by atoms with Gasteiger partial charge in [0.15, 0.2) is 0 Å². The maximum atomic E-state index is 13.2. The number of rotatable bonds is 7. The number of benzene rings is 3. The van der Waals surface area contributed by atoms with Crippen molar-refractivity contribution in [3.8, 4) is 11.5 Å². The molecule has 1 fully saturated rings. The number of carbonyl (C=O) groups excluding carboxylic acids is 2. The number of ether oxygens (including phenoxy) is 2. The van der Waals surface area contributed by atoms with Crippen molar-refractivity contribution < 1.29 is 24.2 Å². The van der Waals surface area contributed by atoms with Crippen molar-refractivity contribution in [2.24, 2.45) is 0 Å². The van der Waals surface area contributed by atoms with Gasteiger partial charge in [0.05, 0.1) is 30.4 Å². The first kappa shape index (κ1) is 23.4. The van der Waals surface area contributed by atoms with Gasteiger partial charge in [-0.15, -0.1) is 0 Å². The highest BCUT2D eigenvalue weighted by molar-refractivity contribution is 6.47. The zero-order valence-corrected chi connectivity index (χ0v) is 19.6. The fourth-order valence-corrected chi connectivity index (χ4v) is 4.25. The van der Waals surface area contributed by atoms with Gasteiger partial charge in [0.25, 0.3) is 11.7 Å². The smallest absolute Gasteiger partial charge is 0.295 e. The molecule has 1 aliphatic rings. The van der Waals surface area contributed by atoms with Crippen LogP contribution in [-0.4, -0.2) is 35.4 Å². The number of aliphatic hydroxyl groups is 1. The Hall–Kier alpha value is -3.77. The monoisotopic (exact) mass is 477 g/mol. The average Bonchev–Trinajstić information content (AvgIpc) is 3.11. The third kappa shape index (κ3) is 4.50. The lowest BCUT2D eigenvalue weighted by molar-refractivity contribution is -0.140. The van der Waals surface area contributed by atoms with Gasteiger partial charge in [0.1, 0.15) is 17.3 Å². The molecule has 7 heteroatoms. The Kier molecular flexibility index (Phi) is 6.89. The molecule has 0 spiro atoms. The third-order valence-corrected chi connectivity index (χ3v) is 6.00. The number of hydrogen-bond donors (Lipinski definition) is 1. The van der Waals surface area contributed by atoms with E-state index < -0.39 is 17.7 Å². The van der Waals surface area contributed by atoms with E-state index in [1.54, 1.807) is 37.4 Å². The maximum absolute atomic E-state index is 13.2. The quantitative estimate of drug-likeness (QED) is 0.281. The molecule has 6 nitrogen and oxygen atoms in total. The summed E-state index contributed by atoms with van der Waals surface area (Å²) >= 11 is 6.37. The first-order chi connectivity index (χ1) is 16.4. The molecule has 1 N–H and O–H groups in total. The zero-order chi connectivity index (χ0) is 24.2. The zero-order valence-electron chi connectivity index (χ0n) is 18.8. The second kappa shape index (κ2) is 10.0. The van der Waals surface area contributed by atoms with E-state index in [1.165, 1.54) is 4.90 Å². The number of aliphatic hydroxyl groups excluding tert-OH is 1.